The van der Waals surface area contributed by atoms with Gasteiger partial charge in [-0.2, -0.15) is 0 Å². The van der Waals surface area contributed by atoms with E-state index in [2.05, 4.69) is 15.0 Å². The maximum absolute atomic E-state index is 12.3. The van der Waals surface area contributed by atoms with Crippen molar-refractivity contribution < 1.29 is 0 Å². The zero-order chi connectivity index (χ0) is 15.6. The third-order valence-corrected chi connectivity index (χ3v) is 3.76. The molecule has 0 aliphatic rings. The van der Waals surface area contributed by atoms with Gasteiger partial charge >= 0.3 is 0 Å². The lowest BCUT2D eigenvalue weighted by Crippen LogP contribution is -2.09. The van der Waals surface area contributed by atoms with Crippen molar-refractivity contribution in [2.45, 2.75) is 0 Å². The fraction of sp³-hybridized carbons (Fsp3) is 0. The lowest BCUT2D eigenvalue weighted by atomic mass is 10.0. The van der Waals surface area contributed by atoms with Gasteiger partial charge in [-0.15, -0.1) is 0 Å². The number of aromatic amines is 1. The van der Waals surface area contributed by atoms with Gasteiger partial charge in [-0.05, 0) is 11.6 Å². The number of pyridine rings is 1. The van der Waals surface area contributed by atoms with Gasteiger partial charge in [0.2, 0.25) is 0 Å². The van der Waals surface area contributed by atoms with Crippen LogP contribution in [0.4, 0.5) is 0 Å². The number of benzene rings is 2. The summed E-state index contributed by atoms with van der Waals surface area (Å²) in [6.07, 6.45) is 1.39. The second kappa shape index (κ2) is 5.50. The molecule has 23 heavy (non-hydrogen) atoms. The number of fused-ring (bicyclic) bond motifs is 1. The lowest BCUT2D eigenvalue weighted by molar-refractivity contribution is 1.14. The molecule has 2 aromatic heterocycles. The van der Waals surface area contributed by atoms with Crippen molar-refractivity contribution in [3.05, 3.63) is 83.4 Å². The zero-order valence-electron chi connectivity index (χ0n) is 12.2. The Bertz CT molecular complexity index is 1020. The molecule has 0 saturated carbocycles. The highest BCUT2D eigenvalue weighted by Gasteiger charge is 2.12. The standard InChI is InChI=1S/C19H13N3O/c23-19-17-15(13-7-3-1-4-8-13)11-16(14-9-5-2-6-10-14)22-18(17)20-12-21-19/h1-12H,(H,20,21,22,23). The third kappa shape index (κ3) is 2.40. The maximum Gasteiger partial charge on any atom is 0.260 e. The van der Waals surface area contributed by atoms with Crippen LogP contribution in [0.15, 0.2) is 77.9 Å². The molecule has 0 saturated heterocycles. The molecule has 0 aliphatic heterocycles. The first kappa shape index (κ1) is 13.4. The third-order valence-electron chi connectivity index (χ3n) is 3.76. The van der Waals surface area contributed by atoms with Gasteiger partial charge in [0.25, 0.3) is 5.56 Å². The Kier molecular flexibility index (Phi) is 3.20. The van der Waals surface area contributed by atoms with Gasteiger partial charge in [0, 0.05) is 11.1 Å². The molecule has 0 spiro atoms. The molecular formula is C19H13N3O. The van der Waals surface area contributed by atoms with E-state index in [0.29, 0.717) is 11.0 Å². The Morgan fingerprint density at radius 1 is 0.826 bits per heavy atom. The molecule has 4 nitrogen and oxygen atoms in total. The van der Waals surface area contributed by atoms with Crippen molar-refractivity contribution in [3.8, 4) is 22.4 Å². The number of rotatable bonds is 2. The molecule has 2 heterocycles. The van der Waals surface area contributed by atoms with E-state index in [1.165, 1.54) is 6.33 Å². The van der Waals surface area contributed by atoms with Gasteiger partial charge in [-0.3, -0.25) is 4.79 Å². The largest absolute Gasteiger partial charge is 0.312 e. The van der Waals surface area contributed by atoms with E-state index in [1.54, 1.807) is 0 Å². The number of nitrogens with one attached hydrogen (secondary N) is 1. The maximum atomic E-state index is 12.3. The highest BCUT2D eigenvalue weighted by atomic mass is 16.1. The highest BCUT2D eigenvalue weighted by molar-refractivity contribution is 5.94. The van der Waals surface area contributed by atoms with Crippen LogP contribution in [0.5, 0.6) is 0 Å². The number of H-pyrrole nitrogens is 1. The molecule has 0 atom stereocenters. The summed E-state index contributed by atoms with van der Waals surface area (Å²) in [5.41, 5.74) is 3.87. The van der Waals surface area contributed by atoms with Gasteiger partial charge in [-0.1, -0.05) is 60.7 Å². The predicted molar refractivity (Wildman–Crippen MR) is 91.0 cm³/mol. The molecular weight excluding hydrogens is 286 g/mol. The average Bonchev–Trinajstić information content (AvgIpc) is 2.62. The molecule has 0 aliphatic carbocycles. The Hall–Kier alpha value is -3.27. The summed E-state index contributed by atoms with van der Waals surface area (Å²) in [4.78, 5) is 23.7. The molecule has 0 fully saturated rings. The topological polar surface area (TPSA) is 58.6 Å². The summed E-state index contributed by atoms with van der Waals surface area (Å²) in [6.45, 7) is 0. The van der Waals surface area contributed by atoms with Gasteiger partial charge in [0.1, 0.15) is 0 Å². The molecule has 2 aromatic carbocycles. The van der Waals surface area contributed by atoms with Crippen LogP contribution in [0, 0.1) is 0 Å². The minimum atomic E-state index is -0.180. The lowest BCUT2D eigenvalue weighted by Gasteiger charge is -2.09. The Morgan fingerprint density at radius 2 is 1.48 bits per heavy atom. The van der Waals surface area contributed by atoms with E-state index in [0.717, 1.165) is 22.4 Å². The summed E-state index contributed by atoms with van der Waals surface area (Å²) < 4.78 is 0. The quantitative estimate of drug-likeness (QED) is 0.614. The SMILES string of the molecule is O=c1[nH]cnc2nc(-c3ccccc3)cc(-c3ccccc3)c12. The summed E-state index contributed by atoms with van der Waals surface area (Å²) in [5, 5.41) is 0.512. The van der Waals surface area contributed by atoms with Gasteiger partial charge < -0.3 is 4.98 Å². The van der Waals surface area contributed by atoms with Crippen molar-refractivity contribution in [2.24, 2.45) is 0 Å². The Labute approximate surface area is 132 Å². The minimum absolute atomic E-state index is 0.180. The average molecular weight is 299 g/mol. The van der Waals surface area contributed by atoms with E-state index >= 15 is 0 Å². The van der Waals surface area contributed by atoms with E-state index in [1.807, 2.05) is 66.7 Å². The first-order chi connectivity index (χ1) is 11.3. The molecule has 110 valence electrons. The minimum Gasteiger partial charge on any atom is -0.312 e. The van der Waals surface area contributed by atoms with Crippen molar-refractivity contribution in [2.75, 3.05) is 0 Å². The van der Waals surface area contributed by atoms with Crippen molar-refractivity contribution in [1.82, 2.24) is 15.0 Å². The van der Waals surface area contributed by atoms with Crippen LogP contribution in [0.25, 0.3) is 33.4 Å². The number of aromatic nitrogens is 3. The first-order valence-corrected chi connectivity index (χ1v) is 7.32. The highest BCUT2D eigenvalue weighted by Crippen LogP contribution is 2.29. The van der Waals surface area contributed by atoms with Crippen LogP contribution < -0.4 is 5.56 Å². The van der Waals surface area contributed by atoms with E-state index in [-0.39, 0.29) is 5.56 Å². The molecule has 4 rings (SSSR count). The molecule has 0 unspecified atom stereocenters. The number of hydrogen-bond acceptors (Lipinski definition) is 3. The van der Waals surface area contributed by atoms with Crippen LogP contribution in [-0.2, 0) is 0 Å². The smallest absolute Gasteiger partial charge is 0.260 e. The van der Waals surface area contributed by atoms with Crippen LogP contribution in [0.1, 0.15) is 0 Å². The fourth-order valence-corrected chi connectivity index (χ4v) is 2.68. The van der Waals surface area contributed by atoms with Crippen molar-refractivity contribution >= 4 is 11.0 Å². The Morgan fingerprint density at radius 3 is 2.17 bits per heavy atom. The number of hydrogen-bond donors (Lipinski definition) is 1. The summed E-state index contributed by atoms with van der Waals surface area (Å²) in [5.74, 6) is 0. The van der Waals surface area contributed by atoms with E-state index in [4.69, 9.17) is 0 Å². The molecule has 1 N–H and O–H groups in total. The van der Waals surface area contributed by atoms with Crippen molar-refractivity contribution in [1.29, 1.82) is 0 Å². The van der Waals surface area contributed by atoms with Gasteiger partial charge in [-0.25, -0.2) is 9.97 Å². The molecule has 0 radical (unpaired) electrons. The number of nitrogens with zero attached hydrogens (tertiary/aromatic N) is 2. The summed E-state index contributed by atoms with van der Waals surface area (Å²) in [6, 6.07) is 21.7. The predicted octanol–water partition coefficient (Wildman–Crippen LogP) is 3.65. The van der Waals surface area contributed by atoms with Gasteiger partial charge in [0.15, 0.2) is 5.65 Å². The fourth-order valence-electron chi connectivity index (χ4n) is 2.68. The van der Waals surface area contributed by atoms with E-state index in [9.17, 15) is 4.79 Å². The second-order valence-corrected chi connectivity index (χ2v) is 5.22. The molecule has 0 amide bonds. The monoisotopic (exact) mass is 299 g/mol. The van der Waals surface area contributed by atoms with Crippen LogP contribution in [-0.4, -0.2) is 15.0 Å². The first-order valence-electron chi connectivity index (χ1n) is 7.32. The Balaban J connectivity index is 2.08. The van der Waals surface area contributed by atoms with Crippen LogP contribution in [0.3, 0.4) is 0 Å². The molecule has 0 bridgehead atoms. The second-order valence-electron chi connectivity index (χ2n) is 5.22. The normalized spacial score (nSPS) is 10.8. The molecule has 4 aromatic rings. The van der Waals surface area contributed by atoms with Crippen LogP contribution in [0.2, 0.25) is 0 Å². The van der Waals surface area contributed by atoms with Crippen molar-refractivity contribution in [3.63, 3.8) is 0 Å². The summed E-state index contributed by atoms with van der Waals surface area (Å²) in [7, 11) is 0. The summed E-state index contributed by atoms with van der Waals surface area (Å²) >= 11 is 0. The molecule has 4 heteroatoms. The van der Waals surface area contributed by atoms with Gasteiger partial charge in [0.05, 0.1) is 17.4 Å². The zero-order valence-corrected chi connectivity index (χ0v) is 12.2. The van der Waals surface area contributed by atoms with E-state index < -0.39 is 0 Å². The van der Waals surface area contributed by atoms with Crippen LogP contribution >= 0.6 is 0 Å².